The maximum atomic E-state index is 12.4. The van der Waals surface area contributed by atoms with Crippen molar-refractivity contribution in [1.29, 1.82) is 0 Å². The molecule has 128 valence electrons. The van der Waals surface area contributed by atoms with Gasteiger partial charge in [-0.1, -0.05) is 13.0 Å². The highest BCUT2D eigenvalue weighted by atomic mass is 32.1. The van der Waals surface area contributed by atoms with Crippen LogP contribution in [0.2, 0.25) is 0 Å². The number of ether oxygens (including phenoxy) is 1. The smallest absolute Gasteiger partial charge is 0.308 e. The number of hydrogen-bond donors (Lipinski definition) is 1. The van der Waals surface area contributed by atoms with Gasteiger partial charge in [0.15, 0.2) is 0 Å². The van der Waals surface area contributed by atoms with E-state index in [0.717, 1.165) is 10.7 Å². The Bertz CT molecular complexity index is 729. The summed E-state index contributed by atoms with van der Waals surface area (Å²) in [6.45, 7) is 3.99. The first-order chi connectivity index (χ1) is 11.4. The molecule has 0 saturated carbocycles. The van der Waals surface area contributed by atoms with Gasteiger partial charge in [0.1, 0.15) is 12.4 Å². The molecule has 0 aliphatic rings. The van der Waals surface area contributed by atoms with E-state index in [0.29, 0.717) is 17.9 Å². The summed E-state index contributed by atoms with van der Waals surface area (Å²) in [6, 6.07) is 6.85. The number of benzene rings is 1. The van der Waals surface area contributed by atoms with Crippen LogP contribution in [0.5, 0.6) is 5.75 Å². The zero-order valence-corrected chi connectivity index (χ0v) is 14.7. The Morgan fingerprint density at radius 1 is 1.42 bits per heavy atom. The molecule has 24 heavy (non-hydrogen) atoms. The van der Waals surface area contributed by atoms with Gasteiger partial charge in [-0.15, -0.1) is 11.3 Å². The average molecular weight is 348 g/mol. The average Bonchev–Trinajstić information content (AvgIpc) is 2.97. The molecule has 0 bridgehead atoms. The summed E-state index contributed by atoms with van der Waals surface area (Å²) in [5.74, 6) is -1.21. The van der Waals surface area contributed by atoms with E-state index in [-0.39, 0.29) is 12.5 Å². The van der Waals surface area contributed by atoms with Crippen molar-refractivity contribution in [2.24, 2.45) is 5.92 Å². The molecule has 7 heteroatoms. The second-order valence-corrected chi connectivity index (χ2v) is 6.66. The van der Waals surface area contributed by atoms with Gasteiger partial charge >= 0.3 is 5.97 Å². The molecule has 1 aromatic heterocycles. The summed E-state index contributed by atoms with van der Waals surface area (Å²) < 4.78 is 5.67. The fraction of sp³-hybridized carbons (Fsp3) is 0.353. The van der Waals surface area contributed by atoms with Crippen molar-refractivity contribution < 1.29 is 19.4 Å². The van der Waals surface area contributed by atoms with Crippen LogP contribution in [0, 0.1) is 12.8 Å². The van der Waals surface area contributed by atoms with Gasteiger partial charge in [-0.05, 0) is 25.1 Å². The molecular formula is C17H20N2O4S. The molecule has 6 nitrogen and oxygen atoms in total. The summed E-state index contributed by atoms with van der Waals surface area (Å²) in [4.78, 5) is 29.0. The Labute approximate surface area is 144 Å². The topological polar surface area (TPSA) is 79.7 Å². The third kappa shape index (κ3) is 4.79. The van der Waals surface area contributed by atoms with E-state index in [9.17, 15) is 9.59 Å². The van der Waals surface area contributed by atoms with Gasteiger partial charge in [0.2, 0.25) is 0 Å². The lowest BCUT2D eigenvalue weighted by molar-refractivity contribution is -0.141. The molecule has 1 aromatic carbocycles. The van der Waals surface area contributed by atoms with E-state index in [1.54, 1.807) is 49.6 Å². The minimum absolute atomic E-state index is 0.150. The Morgan fingerprint density at radius 2 is 2.17 bits per heavy atom. The van der Waals surface area contributed by atoms with Crippen molar-refractivity contribution in [2.45, 2.75) is 20.5 Å². The van der Waals surface area contributed by atoms with Gasteiger partial charge in [0, 0.05) is 24.5 Å². The highest BCUT2D eigenvalue weighted by Gasteiger charge is 2.18. The van der Waals surface area contributed by atoms with Crippen LogP contribution in [-0.4, -0.2) is 40.5 Å². The van der Waals surface area contributed by atoms with Crippen molar-refractivity contribution in [2.75, 3.05) is 13.6 Å². The van der Waals surface area contributed by atoms with E-state index in [4.69, 9.17) is 9.84 Å². The lowest BCUT2D eigenvalue weighted by Crippen LogP contribution is -2.33. The molecule has 0 unspecified atom stereocenters. The summed E-state index contributed by atoms with van der Waals surface area (Å²) >= 11 is 1.56. The normalized spacial score (nSPS) is 11.8. The molecule has 0 aliphatic heterocycles. The van der Waals surface area contributed by atoms with Gasteiger partial charge in [0.05, 0.1) is 16.6 Å². The van der Waals surface area contributed by atoms with Crippen LogP contribution in [0.1, 0.15) is 28.0 Å². The van der Waals surface area contributed by atoms with Gasteiger partial charge < -0.3 is 14.7 Å². The number of carbonyl (C=O) groups is 2. The molecule has 0 radical (unpaired) electrons. The number of carboxylic acid groups (broad SMARTS) is 1. The van der Waals surface area contributed by atoms with Crippen molar-refractivity contribution >= 4 is 23.2 Å². The number of thiazole rings is 1. The molecule has 2 rings (SSSR count). The number of amides is 1. The highest BCUT2D eigenvalue weighted by Crippen LogP contribution is 2.17. The van der Waals surface area contributed by atoms with Crippen LogP contribution in [0.15, 0.2) is 29.6 Å². The minimum Gasteiger partial charge on any atom is -0.487 e. The first-order valence-corrected chi connectivity index (χ1v) is 8.37. The summed E-state index contributed by atoms with van der Waals surface area (Å²) in [7, 11) is 1.59. The predicted molar refractivity (Wildman–Crippen MR) is 91.4 cm³/mol. The van der Waals surface area contributed by atoms with Crippen LogP contribution < -0.4 is 4.74 Å². The number of carbonyl (C=O) groups excluding carboxylic acids is 1. The van der Waals surface area contributed by atoms with Gasteiger partial charge in [-0.2, -0.15) is 0 Å². The molecule has 0 fully saturated rings. The number of hydrogen-bond acceptors (Lipinski definition) is 5. The molecule has 0 spiro atoms. The van der Waals surface area contributed by atoms with E-state index in [1.165, 1.54) is 4.90 Å². The number of nitrogens with zero attached hydrogens (tertiary/aromatic N) is 2. The minimum atomic E-state index is -0.926. The maximum Gasteiger partial charge on any atom is 0.308 e. The van der Waals surface area contributed by atoms with Gasteiger partial charge in [-0.3, -0.25) is 9.59 Å². The Morgan fingerprint density at radius 3 is 2.79 bits per heavy atom. The number of aryl methyl sites for hydroxylation is 1. The molecular weight excluding hydrogens is 328 g/mol. The quantitative estimate of drug-likeness (QED) is 0.832. The first kappa shape index (κ1) is 17.9. The van der Waals surface area contributed by atoms with E-state index in [2.05, 4.69) is 4.98 Å². The van der Waals surface area contributed by atoms with Crippen LogP contribution in [0.25, 0.3) is 0 Å². The maximum absolute atomic E-state index is 12.4. The van der Waals surface area contributed by atoms with Gasteiger partial charge in [0.25, 0.3) is 5.91 Å². The largest absolute Gasteiger partial charge is 0.487 e. The fourth-order valence-corrected chi connectivity index (χ4v) is 2.74. The number of aliphatic carboxylic acids is 1. The molecule has 0 aliphatic carbocycles. The first-order valence-electron chi connectivity index (χ1n) is 7.49. The second kappa shape index (κ2) is 7.92. The molecule has 1 N–H and O–H groups in total. The number of rotatable bonds is 7. The Balaban J connectivity index is 2.00. The molecule has 1 heterocycles. The standard InChI is InChI=1S/C17H20N2O4S/c1-11(17(21)22)8-19(3)16(20)13-5-4-6-15(7-13)23-9-14-10-24-12(2)18-14/h4-7,10-11H,8-9H2,1-3H3,(H,21,22)/t11-/m0/s1. The van der Waals surface area contributed by atoms with Gasteiger partial charge in [-0.25, -0.2) is 4.98 Å². The van der Waals surface area contributed by atoms with Crippen LogP contribution in [0.3, 0.4) is 0 Å². The van der Waals surface area contributed by atoms with Crippen LogP contribution >= 0.6 is 11.3 Å². The SMILES string of the molecule is Cc1nc(COc2cccc(C(=O)N(C)C[C@H](C)C(=O)O)c2)cs1. The monoisotopic (exact) mass is 348 g/mol. The van der Waals surface area contributed by atoms with E-state index >= 15 is 0 Å². The fourth-order valence-electron chi connectivity index (χ4n) is 2.14. The zero-order valence-electron chi connectivity index (χ0n) is 13.9. The lowest BCUT2D eigenvalue weighted by Gasteiger charge is -2.19. The summed E-state index contributed by atoms with van der Waals surface area (Å²) in [5, 5.41) is 11.9. The zero-order chi connectivity index (χ0) is 17.7. The highest BCUT2D eigenvalue weighted by molar-refractivity contribution is 7.09. The molecule has 0 saturated heterocycles. The van der Waals surface area contributed by atoms with Crippen molar-refractivity contribution in [3.8, 4) is 5.75 Å². The van der Waals surface area contributed by atoms with Crippen LogP contribution in [-0.2, 0) is 11.4 Å². The lowest BCUT2D eigenvalue weighted by atomic mass is 10.1. The second-order valence-electron chi connectivity index (χ2n) is 5.60. The molecule has 2 aromatic rings. The van der Waals surface area contributed by atoms with Crippen molar-refractivity contribution in [3.63, 3.8) is 0 Å². The predicted octanol–water partition coefficient (Wildman–Crippen LogP) is 2.82. The Kier molecular flexibility index (Phi) is 5.92. The van der Waals surface area contributed by atoms with Crippen LogP contribution in [0.4, 0.5) is 0 Å². The summed E-state index contributed by atoms with van der Waals surface area (Å²) in [5.41, 5.74) is 1.31. The summed E-state index contributed by atoms with van der Waals surface area (Å²) in [6.07, 6.45) is 0. The number of carboxylic acids is 1. The molecule has 1 atom stereocenters. The van der Waals surface area contributed by atoms with E-state index in [1.807, 2.05) is 12.3 Å². The Hall–Kier alpha value is -2.41. The van der Waals surface area contributed by atoms with E-state index < -0.39 is 11.9 Å². The third-order valence-corrected chi connectivity index (χ3v) is 4.27. The van der Waals surface area contributed by atoms with Crippen molar-refractivity contribution in [3.05, 3.63) is 45.9 Å². The third-order valence-electron chi connectivity index (χ3n) is 3.45. The molecule has 1 amide bonds. The number of aromatic nitrogens is 1. The van der Waals surface area contributed by atoms with Crippen molar-refractivity contribution in [1.82, 2.24) is 9.88 Å².